The van der Waals surface area contributed by atoms with Gasteiger partial charge in [-0.1, -0.05) is 48.3 Å². The lowest BCUT2D eigenvalue weighted by atomic mass is 9.55. The number of aliphatic hydroxyl groups is 2. The molecule has 2 aliphatic carbocycles. The SMILES string of the molecule is C=CCOC12Oc3ccc(Oc4ccc(SC)cc4)cc3C3C(CCCCO)C(CCCCO)C=C(C(=NOC)CC1N(C)S(=O)(=O)c1cccc4cccnc14)C32. The van der Waals surface area contributed by atoms with Gasteiger partial charge in [-0.3, -0.25) is 4.98 Å². The molecule has 1 saturated carbocycles. The zero-order chi connectivity index (χ0) is 40.9. The number of fused-ring (bicyclic) bond motifs is 3. The molecule has 1 aromatic heterocycles. The monoisotopic (exact) mass is 827 g/mol. The van der Waals surface area contributed by atoms with Gasteiger partial charge in [0, 0.05) is 54.6 Å². The quantitative estimate of drug-likeness (QED) is 0.0436. The van der Waals surface area contributed by atoms with Gasteiger partial charge in [-0.15, -0.1) is 18.3 Å². The lowest BCUT2D eigenvalue weighted by Gasteiger charge is -2.59. The van der Waals surface area contributed by atoms with E-state index >= 15 is 0 Å². The maximum atomic E-state index is 15.0. The minimum absolute atomic E-state index is 0.0242. The Labute approximate surface area is 345 Å². The van der Waals surface area contributed by atoms with E-state index in [2.05, 4.69) is 22.8 Å². The third kappa shape index (κ3) is 8.04. The number of likely N-dealkylation sites (N-methyl/N-ethyl adjacent to an activating group) is 1. The molecule has 7 rings (SSSR count). The molecule has 6 atom stereocenters. The molecular formula is C45H53N3O8S2. The van der Waals surface area contributed by atoms with Crippen LogP contribution in [0.1, 0.15) is 56.4 Å². The van der Waals surface area contributed by atoms with Crippen molar-refractivity contribution in [3.05, 3.63) is 109 Å². The van der Waals surface area contributed by atoms with Crippen LogP contribution in [0.2, 0.25) is 0 Å². The first-order valence-corrected chi connectivity index (χ1v) is 22.6. The zero-order valence-corrected chi connectivity index (χ0v) is 35.0. The largest absolute Gasteiger partial charge is 0.460 e. The molecular weight excluding hydrogens is 775 g/mol. The number of oxime groups is 1. The molecule has 11 nitrogen and oxygen atoms in total. The Morgan fingerprint density at radius 2 is 1.76 bits per heavy atom. The van der Waals surface area contributed by atoms with Crippen LogP contribution in [0.3, 0.4) is 0 Å². The number of hydrogen-bond acceptors (Lipinski definition) is 11. The van der Waals surface area contributed by atoms with Crippen LogP contribution in [0, 0.1) is 17.8 Å². The highest BCUT2D eigenvalue weighted by molar-refractivity contribution is 7.98. The van der Waals surface area contributed by atoms with Crippen molar-refractivity contribution in [3.8, 4) is 17.2 Å². The van der Waals surface area contributed by atoms with Crippen molar-refractivity contribution in [2.24, 2.45) is 22.9 Å². The van der Waals surface area contributed by atoms with Crippen molar-refractivity contribution < 1.29 is 37.7 Å². The Bertz CT molecular complexity index is 2240. The van der Waals surface area contributed by atoms with Crippen LogP contribution in [0.4, 0.5) is 0 Å². The van der Waals surface area contributed by atoms with Crippen molar-refractivity contribution in [2.75, 3.05) is 40.2 Å². The molecule has 3 aliphatic rings. The number of rotatable bonds is 18. The summed E-state index contributed by atoms with van der Waals surface area (Å²) in [5, 5.41) is 25.0. The summed E-state index contributed by atoms with van der Waals surface area (Å²) in [4.78, 5) is 11.2. The van der Waals surface area contributed by atoms with E-state index in [0.717, 1.165) is 41.7 Å². The molecule has 3 aromatic carbocycles. The third-order valence-corrected chi connectivity index (χ3v) is 14.5. The summed E-state index contributed by atoms with van der Waals surface area (Å²) in [6.45, 7) is 4.25. The second-order valence-electron chi connectivity index (χ2n) is 15.1. The Hall–Kier alpha value is -4.24. The summed E-state index contributed by atoms with van der Waals surface area (Å²) in [5.74, 6) is -0.327. The van der Waals surface area contributed by atoms with E-state index in [4.69, 9.17) is 19.0 Å². The van der Waals surface area contributed by atoms with Crippen molar-refractivity contribution in [1.29, 1.82) is 0 Å². The van der Waals surface area contributed by atoms with Crippen LogP contribution < -0.4 is 9.47 Å². The van der Waals surface area contributed by atoms with Crippen molar-refractivity contribution >= 4 is 38.4 Å². The van der Waals surface area contributed by atoms with Crippen LogP contribution in [0.15, 0.2) is 118 Å². The fourth-order valence-electron chi connectivity index (χ4n) is 9.26. The Kier molecular flexibility index (Phi) is 13.3. The standard InChI is InChI=1S/C45H53N3O8S2/c1-5-26-54-45-41(48(2)58(51,52)40-16-10-13-30-14-11-23-46-44(30)40)29-38(47-53-3)36-27-31(12-6-8-24-49)35(15-7-9-25-50)42(43(36)45)37-28-33(19-22-39(37)56-45)55-32-17-20-34(57-4)21-18-32/h5,10-11,13-14,16-23,27-28,31,35,41-43,49-50H,1,6-9,12,15,24-26,29H2,2-4H3. The van der Waals surface area contributed by atoms with Gasteiger partial charge in [0.1, 0.15) is 29.3 Å². The number of hydrogen-bond donors (Lipinski definition) is 2. The smallest absolute Gasteiger partial charge is 0.245 e. The molecule has 308 valence electrons. The molecule has 1 aliphatic heterocycles. The lowest BCUT2D eigenvalue weighted by Crippen LogP contribution is -2.69. The molecule has 0 radical (unpaired) electrons. The van der Waals surface area contributed by atoms with Crippen LogP contribution in [0.5, 0.6) is 17.2 Å². The number of benzene rings is 3. The summed E-state index contributed by atoms with van der Waals surface area (Å²) in [6.07, 6.45) is 12.2. The molecule has 0 saturated heterocycles. The van der Waals surface area contributed by atoms with Gasteiger partial charge in [-0.2, -0.15) is 4.31 Å². The Morgan fingerprint density at radius 3 is 2.48 bits per heavy atom. The van der Waals surface area contributed by atoms with Gasteiger partial charge < -0.3 is 29.3 Å². The summed E-state index contributed by atoms with van der Waals surface area (Å²) >= 11 is 1.66. The number of aromatic nitrogens is 1. The minimum Gasteiger partial charge on any atom is -0.460 e. The molecule has 1 fully saturated rings. The molecule has 6 unspecified atom stereocenters. The van der Waals surface area contributed by atoms with E-state index in [-0.39, 0.29) is 48.9 Å². The first-order valence-electron chi connectivity index (χ1n) is 20.0. The number of unbranched alkanes of at least 4 members (excludes halogenated alkanes) is 2. The second-order valence-corrected chi connectivity index (χ2v) is 17.9. The van der Waals surface area contributed by atoms with Gasteiger partial charge in [0.2, 0.25) is 15.8 Å². The van der Waals surface area contributed by atoms with Gasteiger partial charge in [-0.05, 0) is 104 Å². The number of ether oxygens (including phenoxy) is 3. The molecule has 2 heterocycles. The predicted octanol–water partition coefficient (Wildman–Crippen LogP) is 8.33. The van der Waals surface area contributed by atoms with Crippen LogP contribution in [0.25, 0.3) is 10.9 Å². The van der Waals surface area contributed by atoms with Gasteiger partial charge in [-0.25, -0.2) is 8.42 Å². The molecule has 0 amide bonds. The first kappa shape index (κ1) is 41.9. The van der Waals surface area contributed by atoms with E-state index in [0.29, 0.717) is 46.7 Å². The molecule has 2 N–H and O–H groups in total. The number of aliphatic hydroxyl groups excluding tert-OH is 2. The van der Waals surface area contributed by atoms with E-state index in [9.17, 15) is 18.6 Å². The number of sulfonamides is 1. The molecule has 13 heteroatoms. The number of pyridine rings is 1. The van der Waals surface area contributed by atoms with E-state index < -0.39 is 27.8 Å². The van der Waals surface area contributed by atoms with Crippen molar-refractivity contribution in [1.82, 2.24) is 9.29 Å². The highest BCUT2D eigenvalue weighted by Crippen LogP contribution is 2.62. The average Bonchev–Trinajstić information content (AvgIpc) is 3.24. The van der Waals surface area contributed by atoms with Gasteiger partial charge >= 0.3 is 0 Å². The maximum Gasteiger partial charge on any atom is 0.245 e. The van der Waals surface area contributed by atoms with E-state index in [1.807, 2.05) is 60.9 Å². The summed E-state index contributed by atoms with van der Waals surface area (Å²) < 4.78 is 52.0. The molecule has 58 heavy (non-hydrogen) atoms. The zero-order valence-electron chi connectivity index (χ0n) is 33.3. The summed E-state index contributed by atoms with van der Waals surface area (Å²) in [5.41, 5.74) is 2.80. The fourth-order valence-corrected chi connectivity index (χ4v) is 11.2. The highest BCUT2D eigenvalue weighted by atomic mass is 32.2. The van der Waals surface area contributed by atoms with Crippen LogP contribution in [-0.2, 0) is 19.6 Å². The first-order chi connectivity index (χ1) is 28.2. The normalized spacial score (nSPS) is 24.5. The minimum atomic E-state index is -4.22. The fraction of sp³-hybridized carbons (Fsp3) is 0.422. The lowest BCUT2D eigenvalue weighted by molar-refractivity contribution is -0.250. The summed E-state index contributed by atoms with van der Waals surface area (Å²) in [7, 11) is -1.15. The van der Waals surface area contributed by atoms with Crippen LogP contribution in [-0.4, -0.2) is 85.7 Å². The van der Waals surface area contributed by atoms with E-state index in [1.165, 1.54) is 11.4 Å². The average molecular weight is 828 g/mol. The number of allylic oxidation sites excluding steroid dienone is 1. The van der Waals surface area contributed by atoms with Gasteiger partial charge in [0.25, 0.3) is 0 Å². The Balaban J connectivity index is 1.44. The molecule has 4 aromatic rings. The van der Waals surface area contributed by atoms with Crippen molar-refractivity contribution in [2.45, 2.75) is 72.5 Å². The molecule has 0 bridgehead atoms. The topological polar surface area (TPSA) is 140 Å². The number of thioether (sulfide) groups is 1. The van der Waals surface area contributed by atoms with Gasteiger partial charge in [0.05, 0.1) is 29.8 Å². The molecule has 0 spiro atoms. The summed E-state index contributed by atoms with van der Waals surface area (Å²) in [6, 6.07) is 21.6. The van der Waals surface area contributed by atoms with Gasteiger partial charge in [0.15, 0.2) is 0 Å². The number of para-hydroxylation sites is 1. The number of nitrogens with zero attached hydrogens (tertiary/aromatic N) is 3. The highest BCUT2D eigenvalue weighted by Gasteiger charge is 2.65. The maximum absolute atomic E-state index is 15.0. The second kappa shape index (κ2) is 18.4. The predicted molar refractivity (Wildman–Crippen MR) is 227 cm³/mol. The van der Waals surface area contributed by atoms with Crippen LogP contribution >= 0.6 is 11.8 Å². The van der Waals surface area contributed by atoms with Crippen molar-refractivity contribution in [3.63, 3.8) is 0 Å². The Morgan fingerprint density at radius 1 is 1.02 bits per heavy atom. The third-order valence-electron chi connectivity index (χ3n) is 11.8. The van der Waals surface area contributed by atoms with E-state index in [1.54, 1.807) is 49.3 Å².